The Balaban J connectivity index is -0.00000000611. The molecular formula is C14H44. The lowest BCUT2D eigenvalue weighted by molar-refractivity contribution is 0.469. The molecule has 0 spiro atoms. The second kappa shape index (κ2) is 52.0. The zero-order chi connectivity index (χ0) is 8.50. The minimum absolute atomic E-state index is 0. The van der Waals surface area contributed by atoms with Crippen molar-refractivity contribution in [2.75, 3.05) is 0 Å². The van der Waals surface area contributed by atoms with Crippen LogP contribution in [0, 0.1) is 5.41 Å². The van der Waals surface area contributed by atoms with E-state index in [0.29, 0.717) is 5.41 Å². The van der Waals surface area contributed by atoms with Gasteiger partial charge in [0.25, 0.3) is 0 Å². The van der Waals surface area contributed by atoms with Crippen LogP contribution in [0.5, 0.6) is 0 Å². The minimum atomic E-state index is 0. The molecule has 0 heteroatoms. The van der Waals surface area contributed by atoms with Crippen molar-refractivity contribution >= 4 is 0 Å². The monoisotopic (exact) mass is 212 g/mol. The smallest absolute Gasteiger partial charge is 0.0411 e. The molecule has 0 amide bonds. The third kappa shape index (κ3) is 0. The average molecular weight is 213 g/mol. The minimum Gasteiger partial charge on any atom is -0.0776 e. The van der Waals surface area contributed by atoms with Crippen LogP contribution in [0.2, 0.25) is 0 Å². The quantitative estimate of drug-likeness (QED) is 0.395. The molecule has 0 saturated heterocycles. The summed E-state index contributed by atoms with van der Waals surface area (Å²) in [6, 6.07) is 0. The first kappa shape index (κ1) is 65.7. The summed E-state index contributed by atoms with van der Waals surface area (Å²) in [6.45, 7) is 16.8. The lowest BCUT2D eigenvalue weighted by Crippen LogP contribution is -1.93. The Kier molecular flexibility index (Phi) is 244. The van der Waals surface area contributed by atoms with Crippen molar-refractivity contribution in [3.63, 3.8) is 0 Å². The molecule has 0 fully saturated rings. The highest BCUT2D eigenvalue weighted by molar-refractivity contribution is 4.47. The number of rotatable bonds is 0. The molecule has 0 aliphatic carbocycles. The molecule has 0 aromatic heterocycles. The second-order valence-electron chi connectivity index (χ2n) is 3.00. The molecule has 0 rings (SSSR count). The molecule has 0 aromatic carbocycles. The van der Waals surface area contributed by atoms with E-state index in [2.05, 4.69) is 27.7 Å². The molecule has 0 aromatic rings. The average Bonchev–Trinajstić information content (AvgIpc) is 1.72. The number of hydrogen-bond donors (Lipinski definition) is 0. The molecule has 0 nitrogen and oxygen atoms in total. The SMILES string of the molecule is C.C.C.C.C.CC.CC.CC(C)(C)C. The maximum absolute atomic E-state index is 2.19. The lowest BCUT2D eigenvalue weighted by Gasteiger charge is -2.05. The first-order valence-electron chi connectivity index (χ1n) is 4.00. The maximum Gasteiger partial charge on any atom is -0.0411 e. The van der Waals surface area contributed by atoms with Crippen LogP contribution in [0.4, 0.5) is 0 Å². The molecule has 0 atom stereocenters. The normalized spacial score (nSPS) is 5.14. The van der Waals surface area contributed by atoms with Gasteiger partial charge >= 0.3 is 0 Å². The zero-order valence-corrected chi connectivity index (χ0v) is 8.50. The largest absolute Gasteiger partial charge is 0.0776 e. The van der Waals surface area contributed by atoms with E-state index in [0.717, 1.165) is 0 Å². The fourth-order valence-corrected chi connectivity index (χ4v) is 0. The van der Waals surface area contributed by atoms with Gasteiger partial charge in [-0.2, -0.15) is 0 Å². The van der Waals surface area contributed by atoms with Crippen LogP contribution in [-0.4, -0.2) is 0 Å². The van der Waals surface area contributed by atoms with Gasteiger partial charge in [0.15, 0.2) is 0 Å². The van der Waals surface area contributed by atoms with Crippen LogP contribution >= 0.6 is 0 Å². The summed E-state index contributed by atoms with van der Waals surface area (Å²) in [4.78, 5) is 0. The Morgan fingerprint density at radius 1 is 0.429 bits per heavy atom. The molecule has 0 N–H and O–H groups in total. The Hall–Kier alpha value is 0. The van der Waals surface area contributed by atoms with Crippen molar-refractivity contribution in [3.05, 3.63) is 0 Å². The van der Waals surface area contributed by atoms with E-state index >= 15 is 0 Å². The van der Waals surface area contributed by atoms with Gasteiger partial charge in [0, 0.05) is 0 Å². The van der Waals surface area contributed by atoms with E-state index in [9.17, 15) is 0 Å². The first-order valence-corrected chi connectivity index (χ1v) is 4.00. The van der Waals surface area contributed by atoms with Gasteiger partial charge in [-0.15, -0.1) is 0 Å². The highest BCUT2D eigenvalue weighted by Crippen LogP contribution is 2.07. The molecule has 100 valence electrons. The van der Waals surface area contributed by atoms with Crippen LogP contribution in [0.25, 0.3) is 0 Å². The summed E-state index contributed by atoms with van der Waals surface area (Å²) in [6.07, 6.45) is 0. The van der Waals surface area contributed by atoms with E-state index in [-0.39, 0.29) is 37.1 Å². The van der Waals surface area contributed by atoms with Crippen LogP contribution in [0.1, 0.15) is 92.5 Å². The highest BCUT2D eigenvalue weighted by atomic mass is 14.0. The Morgan fingerprint density at radius 2 is 0.429 bits per heavy atom. The number of hydrogen-bond acceptors (Lipinski definition) is 0. The van der Waals surface area contributed by atoms with E-state index in [4.69, 9.17) is 0 Å². The topological polar surface area (TPSA) is 0 Å². The molecule has 0 aliphatic heterocycles. The zero-order valence-electron chi connectivity index (χ0n) is 8.50. The van der Waals surface area contributed by atoms with Crippen LogP contribution in [0.3, 0.4) is 0 Å². The fraction of sp³-hybridized carbons (Fsp3) is 1.00. The molecule has 0 bridgehead atoms. The Labute approximate surface area is 98.5 Å². The van der Waals surface area contributed by atoms with Crippen molar-refractivity contribution in [1.82, 2.24) is 0 Å². The van der Waals surface area contributed by atoms with Gasteiger partial charge in [-0.1, -0.05) is 92.5 Å². The Bertz CT molecular complexity index is 15.5. The van der Waals surface area contributed by atoms with Crippen molar-refractivity contribution < 1.29 is 0 Å². The van der Waals surface area contributed by atoms with Gasteiger partial charge in [0.05, 0.1) is 0 Å². The van der Waals surface area contributed by atoms with E-state index in [1.54, 1.807) is 0 Å². The van der Waals surface area contributed by atoms with Crippen molar-refractivity contribution in [2.45, 2.75) is 92.5 Å². The molecular weight excluding hydrogens is 168 g/mol. The van der Waals surface area contributed by atoms with Gasteiger partial charge in [-0.3, -0.25) is 0 Å². The van der Waals surface area contributed by atoms with E-state index in [1.165, 1.54) is 0 Å². The summed E-state index contributed by atoms with van der Waals surface area (Å²) in [5.41, 5.74) is 0.500. The van der Waals surface area contributed by atoms with Crippen molar-refractivity contribution in [3.8, 4) is 0 Å². The highest BCUT2D eigenvalue weighted by Gasteiger charge is 1.95. The van der Waals surface area contributed by atoms with E-state index in [1.807, 2.05) is 27.7 Å². The summed E-state index contributed by atoms with van der Waals surface area (Å²) in [5.74, 6) is 0. The van der Waals surface area contributed by atoms with Crippen molar-refractivity contribution in [2.24, 2.45) is 5.41 Å². The summed E-state index contributed by atoms with van der Waals surface area (Å²) < 4.78 is 0. The summed E-state index contributed by atoms with van der Waals surface area (Å²) >= 11 is 0. The predicted octanol–water partition coefficient (Wildman–Crippen LogP) is 7.29. The molecule has 0 saturated carbocycles. The van der Waals surface area contributed by atoms with Gasteiger partial charge in [-0.05, 0) is 5.41 Å². The maximum atomic E-state index is 2.19. The molecule has 0 aliphatic rings. The third-order valence-corrected chi connectivity index (χ3v) is 0. The first-order chi connectivity index (χ1) is 4.00. The van der Waals surface area contributed by atoms with Gasteiger partial charge in [0.1, 0.15) is 0 Å². The third-order valence-electron chi connectivity index (χ3n) is 0. The van der Waals surface area contributed by atoms with E-state index < -0.39 is 0 Å². The molecule has 0 unspecified atom stereocenters. The van der Waals surface area contributed by atoms with Gasteiger partial charge in [0.2, 0.25) is 0 Å². The predicted molar refractivity (Wildman–Crippen MR) is 81.5 cm³/mol. The summed E-state index contributed by atoms with van der Waals surface area (Å²) in [5, 5.41) is 0. The van der Waals surface area contributed by atoms with Crippen LogP contribution in [-0.2, 0) is 0 Å². The molecule has 0 heterocycles. The fourth-order valence-electron chi connectivity index (χ4n) is 0. The van der Waals surface area contributed by atoms with Crippen LogP contribution < -0.4 is 0 Å². The lowest BCUT2D eigenvalue weighted by atomic mass is 10.0. The second-order valence-corrected chi connectivity index (χ2v) is 3.00. The molecule has 0 radical (unpaired) electrons. The van der Waals surface area contributed by atoms with Crippen LogP contribution in [0.15, 0.2) is 0 Å². The summed E-state index contributed by atoms with van der Waals surface area (Å²) in [7, 11) is 0. The van der Waals surface area contributed by atoms with Gasteiger partial charge < -0.3 is 0 Å². The molecule has 14 heavy (non-hydrogen) atoms. The van der Waals surface area contributed by atoms with Crippen molar-refractivity contribution in [1.29, 1.82) is 0 Å². The standard InChI is InChI=1S/C5H12.2C2H6.5CH4/c1-5(2,3)4;2*1-2;;;;;/h1-4H3;2*1-2H3;5*1H4. The Morgan fingerprint density at radius 3 is 0.429 bits per heavy atom. The van der Waals surface area contributed by atoms with Gasteiger partial charge in [-0.25, -0.2) is 0 Å².